The average Bonchev–Trinajstić information content (AvgIpc) is 2.11. The molecule has 0 aliphatic carbocycles. The molecule has 0 bridgehead atoms. The van der Waals surface area contributed by atoms with E-state index in [4.69, 9.17) is 5.73 Å². The Morgan fingerprint density at radius 2 is 1.69 bits per heavy atom. The van der Waals surface area contributed by atoms with Crippen molar-refractivity contribution in [2.45, 2.75) is 65.3 Å². The first-order valence-electron chi connectivity index (χ1n) is 5.50. The molecule has 82 valence electrons. The van der Waals surface area contributed by atoms with Crippen molar-refractivity contribution in [2.24, 2.45) is 11.7 Å². The molecule has 0 spiro atoms. The molecule has 0 aliphatic rings. The van der Waals surface area contributed by atoms with Crippen LogP contribution in [0.2, 0.25) is 0 Å². The van der Waals surface area contributed by atoms with Gasteiger partial charge in [-0.1, -0.05) is 46.5 Å². The average molecular weight is 208 g/mol. The highest BCUT2D eigenvalue weighted by atomic mass is 35.5. The van der Waals surface area contributed by atoms with E-state index in [1.807, 2.05) is 0 Å². The van der Waals surface area contributed by atoms with E-state index in [0.29, 0.717) is 6.04 Å². The van der Waals surface area contributed by atoms with Crippen LogP contribution >= 0.6 is 12.4 Å². The Morgan fingerprint density at radius 3 is 2.08 bits per heavy atom. The number of halogens is 1. The first-order valence-corrected chi connectivity index (χ1v) is 5.50. The van der Waals surface area contributed by atoms with Crippen LogP contribution in [0.4, 0.5) is 0 Å². The van der Waals surface area contributed by atoms with Gasteiger partial charge in [0.15, 0.2) is 0 Å². The lowest BCUT2D eigenvalue weighted by Crippen LogP contribution is -2.22. The Balaban J connectivity index is 0. The van der Waals surface area contributed by atoms with Crippen molar-refractivity contribution in [2.75, 3.05) is 0 Å². The van der Waals surface area contributed by atoms with Gasteiger partial charge in [-0.25, -0.2) is 0 Å². The molecule has 0 aromatic heterocycles. The quantitative estimate of drug-likeness (QED) is 0.676. The molecular formula is C11H26ClN. The summed E-state index contributed by atoms with van der Waals surface area (Å²) in [6.45, 7) is 6.71. The fourth-order valence-electron chi connectivity index (χ4n) is 1.58. The van der Waals surface area contributed by atoms with Crippen molar-refractivity contribution < 1.29 is 0 Å². The van der Waals surface area contributed by atoms with Gasteiger partial charge < -0.3 is 5.73 Å². The molecule has 0 saturated heterocycles. The van der Waals surface area contributed by atoms with Crippen LogP contribution in [0.1, 0.15) is 59.3 Å². The van der Waals surface area contributed by atoms with Crippen molar-refractivity contribution in [3.63, 3.8) is 0 Å². The maximum absolute atomic E-state index is 5.92. The second kappa shape index (κ2) is 10.3. The Labute approximate surface area is 89.9 Å². The maximum Gasteiger partial charge on any atom is 0.00388 e. The fourth-order valence-corrected chi connectivity index (χ4v) is 1.58. The molecule has 0 rings (SSSR count). The van der Waals surface area contributed by atoms with Gasteiger partial charge >= 0.3 is 0 Å². The van der Waals surface area contributed by atoms with E-state index < -0.39 is 0 Å². The van der Waals surface area contributed by atoms with Crippen LogP contribution < -0.4 is 5.73 Å². The first kappa shape index (κ1) is 15.7. The van der Waals surface area contributed by atoms with Crippen molar-refractivity contribution in [1.29, 1.82) is 0 Å². The summed E-state index contributed by atoms with van der Waals surface area (Å²) in [6.07, 6.45) is 7.72. The van der Waals surface area contributed by atoms with Crippen LogP contribution in [-0.4, -0.2) is 6.04 Å². The molecule has 2 heteroatoms. The summed E-state index contributed by atoms with van der Waals surface area (Å²) >= 11 is 0. The monoisotopic (exact) mass is 207 g/mol. The lowest BCUT2D eigenvalue weighted by molar-refractivity contribution is 0.380. The standard InChI is InChI=1S/C11H25N.ClH/c1-4-7-8-10(5-2)9-11(12)6-3;/h10-11H,4-9,12H2,1-3H3;1H. The van der Waals surface area contributed by atoms with Crippen LogP contribution in [-0.2, 0) is 0 Å². The lowest BCUT2D eigenvalue weighted by Gasteiger charge is -2.18. The van der Waals surface area contributed by atoms with E-state index in [1.165, 1.54) is 32.1 Å². The molecule has 0 saturated carbocycles. The SMILES string of the molecule is CCCCC(CC)CC(N)CC.Cl. The first-order chi connectivity index (χ1) is 5.74. The van der Waals surface area contributed by atoms with Crippen molar-refractivity contribution in [3.05, 3.63) is 0 Å². The third-order valence-corrected chi connectivity index (χ3v) is 2.70. The maximum atomic E-state index is 5.92. The van der Waals surface area contributed by atoms with Gasteiger partial charge in [-0.3, -0.25) is 0 Å². The van der Waals surface area contributed by atoms with E-state index in [-0.39, 0.29) is 12.4 Å². The molecular weight excluding hydrogens is 182 g/mol. The summed E-state index contributed by atoms with van der Waals surface area (Å²) in [4.78, 5) is 0. The van der Waals surface area contributed by atoms with Crippen LogP contribution in [0.3, 0.4) is 0 Å². The number of unbranched alkanes of at least 4 members (excludes halogenated alkanes) is 1. The summed E-state index contributed by atoms with van der Waals surface area (Å²) < 4.78 is 0. The molecule has 0 amide bonds. The number of hydrogen-bond acceptors (Lipinski definition) is 1. The van der Waals surface area contributed by atoms with Crippen molar-refractivity contribution >= 4 is 12.4 Å². The zero-order valence-corrected chi connectivity index (χ0v) is 10.2. The Kier molecular flexibility index (Phi) is 12.5. The zero-order chi connectivity index (χ0) is 9.40. The molecule has 0 fully saturated rings. The molecule has 0 aromatic rings. The molecule has 0 aromatic carbocycles. The van der Waals surface area contributed by atoms with Crippen LogP contribution in [0, 0.1) is 5.92 Å². The zero-order valence-electron chi connectivity index (χ0n) is 9.38. The van der Waals surface area contributed by atoms with Gasteiger partial charge in [0.2, 0.25) is 0 Å². The van der Waals surface area contributed by atoms with Crippen molar-refractivity contribution in [1.82, 2.24) is 0 Å². The highest BCUT2D eigenvalue weighted by Crippen LogP contribution is 2.18. The molecule has 0 radical (unpaired) electrons. The van der Waals surface area contributed by atoms with Gasteiger partial charge in [0.25, 0.3) is 0 Å². The summed E-state index contributed by atoms with van der Waals surface area (Å²) in [5.41, 5.74) is 5.92. The number of nitrogens with two attached hydrogens (primary N) is 1. The minimum Gasteiger partial charge on any atom is -0.328 e. The largest absolute Gasteiger partial charge is 0.328 e. The molecule has 0 heterocycles. The van der Waals surface area contributed by atoms with Gasteiger partial charge in [0, 0.05) is 6.04 Å². The minimum atomic E-state index is 0. The predicted molar refractivity (Wildman–Crippen MR) is 63.4 cm³/mol. The van der Waals surface area contributed by atoms with Gasteiger partial charge in [-0.15, -0.1) is 12.4 Å². The number of hydrogen-bond donors (Lipinski definition) is 1. The fraction of sp³-hybridized carbons (Fsp3) is 1.00. The summed E-state index contributed by atoms with van der Waals surface area (Å²) in [5.74, 6) is 0.875. The molecule has 2 N–H and O–H groups in total. The second-order valence-corrected chi connectivity index (χ2v) is 3.82. The molecule has 13 heavy (non-hydrogen) atoms. The van der Waals surface area contributed by atoms with Gasteiger partial charge in [0.1, 0.15) is 0 Å². The summed E-state index contributed by atoms with van der Waals surface area (Å²) in [5, 5.41) is 0. The van der Waals surface area contributed by atoms with E-state index >= 15 is 0 Å². The van der Waals surface area contributed by atoms with E-state index in [0.717, 1.165) is 12.3 Å². The van der Waals surface area contributed by atoms with Crippen LogP contribution in [0.15, 0.2) is 0 Å². The summed E-state index contributed by atoms with van der Waals surface area (Å²) in [7, 11) is 0. The molecule has 0 aliphatic heterocycles. The Hall–Kier alpha value is 0.250. The van der Waals surface area contributed by atoms with E-state index in [2.05, 4.69) is 20.8 Å². The van der Waals surface area contributed by atoms with Gasteiger partial charge in [-0.2, -0.15) is 0 Å². The normalized spacial score (nSPS) is 14.8. The minimum absolute atomic E-state index is 0. The predicted octanol–water partition coefficient (Wildman–Crippen LogP) is 3.75. The van der Waals surface area contributed by atoms with E-state index in [9.17, 15) is 0 Å². The molecule has 1 nitrogen and oxygen atoms in total. The summed E-state index contributed by atoms with van der Waals surface area (Å²) in [6, 6.07) is 0.437. The van der Waals surface area contributed by atoms with Gasteiger partial charge in [0.05, 0.1) is 0 Å². The lowest BCUT2D eigenvalue weighted by atomic mass is 9.91. The molecule has 2 atom stereocenters. The second-order valence-electron chi connectivity index (χ2n) is 3.82. The number of rotatable bonds is 7. The van der Waals surface area contributed by atoms with Crippen LogP contribution in [0.5, 0.6) is 0 Å². The van der Waals surface area contributed by atoms with Crippen molar-refractivity contribution in [3.8, 4) is 0 Å². The smallest absolute Gasteiger partial charge is 0.00388 e. The third-order valence-electron chi connectivity index (χ3n) is 2.70. The molecule has 2 unspecified atom stereocenters. The highest BCUT2D eigenvalue weighted by molar-refractivity contribution is 5.85. The van der Waals surface area contributed by atoms with Gasteiger partial charge in [-0.05, 0) is 18.8 Å². The Morgan fingerprint density at radius 1 is 1.08 bits per heavy atom. The van der Waals surface area contributed by atoms with E-state index in [1.54, 1.807) is 0 Å². The third kappa shape index (κ3) is 8.58. The Bertz CT molecular complexity index is 96.1. The highest BCUT2D eigenvalue weighted by Gasteiger charge is 2.09. The topological polar surface area (TPSA) is 26.0 Å². The van der Waals surface area contributed by atoms with Crippen LogP contribution in [0.25, 0.3) is 0 Å².